The molecule has 1 heterocycles. The van der Waals surface area contributed by atoms with E-state index in [2.05, 4.69) is 16.1 Å². The first-order valence-electron chi connectivity index (χ1n) is 6.06. The number of hydrogen-bond donors (Lipinski definition) is 0. The molecule has 102 valence electrons. The Labute approximate surface area is 117 Å². The van der Waals surface area contributed by atoms with E-state index in [0.29, 0.717) is 6.54 Å². The number of terminal acetylenes is 1. The van der Waals surface area contributed by atoms with Gasteiger partial charge in [-0.2, -0.15) is 0 Å². The molecule has 0 saturated carbocycles. The van der Waals surface area contributed by atoms with Crippen molar-refractivity contribution in [3.05, 3.63) is 48.5 Å². The minimum Gasteiger partial charge on any atom is -0.497 e. The summed E-state index contributed by atoms with van der Waals surface area (Å²) in [4.78, 5) is 9.10. The van der Waals surface area contributed by atoms with E-state index < -0.39 is 0 Å². The summed E-state index contributed by atoms with van der Waals surface area (Å²) >= 11 is 0. The molecule has 0 atom stereocenters. The van der Waals surface area contributed by atoms with Crippen LogP contribution in [0, 0.1) is 12.3 Å². The number of rotatable bonds is 6. The van der Waals surface area contributed by atoms with Crippen LogP contribution in [0.1, 0.15) is 5.56 Å². The van der Waals surface area contributed by atoms with E-state index in [9.17, 15) is 0 Å². The maximum absolute atomic E-state index is 5.15. The molecule has 2 aromatic rings. The lowest BCUT2D eigenvalue weighted by Gasteiger charge is -2.08. The van der Waals surface area contributed by atoms with Crippen LogP contribution in [0.2, 0.25) is 0 Å². The van der Waals surface area contributed by atoms with Crippen LogP contribution in [0.15, 0.2) is 48.1 Å². The third-order valence-corrected chi connectivity index (χ3v) is 2.64. The fourth-order valence-electron chi connectivity index (χ4n) is 1.66. The van der Waals surface area contributed by atoms with Gasteiger partial charge in [-0.3, -0.25) is 0 Å². The summed E-state index contributed by atoms with van der Waals surface area (Å²) in [5, 5.41) is 4.10. The summed E-state index contributed by atoms with van der Waals surface area (Å²) < 4.78 is 7.05. The lowest BCUT2D eigenvalue weighted by atomic mass is 10.1. The van der Waals surface area contributed by atoms with Gasteiger partial charge in [0.15, 0.2) is 6.61 Å². The Morgan fingerprint density at radius 2 is 2.20 bits per heavy atom. The Kier molecular flexibility index (Phi) is 4.79. The Hall–Kier alpha value is -2.74. The van der Waals surface area contributed by atoms with E-state index in [1.165, 1.54) is 0 Å². The van der Waals surface area contributed by atoms with E-state index in [1.54, 1.807) is 19.6 Å². The van der Waals surface area contributed by atoms with Gasteiger partial charge >= 0.3 is 0 Å². The van der Waals surface area contributed by atoms with E-state index in [4.69, 9.17) is 16.0 Å². The van der Waals surface area contributed by atoms with Crippen LogP contribution in [-0.2, 0) is 11.4 Å². The van der Waals surface area contributed by atoms with Crippen LogP contribution >= 0.6 is 0 Å². The standard InChI is InChI=1S/C15H15N3O2/c1-3-10-20-17-15(11-18-9-8-16-12-18)13-4-6-14(19-2)7-5-13/h1,4-9,12H,10-11H2,2H3/b17-15+. The second-order valence-corrected chi connectivity index (χ2v) is 3.98. The molecule has 1 aromatic carbocycles. The molecule has 0 N–H and O–H groups in total. The van der Waals surface area contributed by atoms with Crippen LogP contribution in [0.5, 0.6) is 5.75 Å². The number of aromatic nitrogens is 2. The molecule has 1 aromatic heterocycles. The number of ether oxygens (including phenoxy) is 1. The zero-order chi connectivity index (χ0) is 14.2. The average molecular weight is 269 g/mol. The fraction of sp³-hybridized carbons (Fsp3) is 0.200. The van der Waals surface area contributed by atoms with Crippen molar-refractivity contribution >= 4 is 5.71 Å². The van der Waals surface area contributed by atoms with Gasteiger partial charge in [-0.1, -0.05) is 11.1 Å². The van der Waals surface area contributed by atoms with Crippen molar-refractivity contribution in [2.45, 2.75) is 6.54 Å². The predicted octanol–water partition coefficient (Wildman–Crippen LogP) is 1.95. The van der Waals surface area contributed by atoms with Crippen LogP contribution < -0.4 is 4.74 Å². The van der Waals surface area contributed by atoms with Crippen LogP contribution in [-0.4, -0.2) is 29.0 Å². The Bertz CT molecular complexity index is 595. The number of imidazole rings is 1. The highest BCUT2D eigenvalue weighted by Gasteiger charge is 2.06. The third-order valence-electron chi connectivity index (χ3n) is 2.64. The molecule has 0 unspecified atom stereocenters. The van der Waals surface area contributed by atoms with Gasteiger partial charge in [0.05, 0.1) is 20.0 Å². The minimum atomic E-state index is 0.142. The van der Waals surface area contributed by atoms with Crippen molar-refractivity contribution in [1.82, 2.24) is 9.55 Å². The van der Waals surface area contributed by atoms with Crippen molar-refractivity contribution in [1.29, 1.82) is 0 Å². The SMILES string of the molecule is C#CCO/N=C(\Cn1ccnc1)c1ccc(OC)cc1. The Balaban J connectivity index is 2.20. The van der Waals surface area contributed by atoms with Gasteiger partial charge in [0.1, 0.15) is 11.5 Å². The van der Waals surface area contributed by atoms with Crippen LogP contribution in [0.4, 0.5) is 0 Å². The summed E-state index contributed by atoms with van der Waals surface area (Å²) in [7, 11) is 1.63. The minimum absolute atomic E-state index is 0.142. The topological polar surface area (TPSA) is 48.6 Å². The number of nitrogens with zero attached hydrogens (tertiary/aromatic N) is 3. The lowest BCUT2D eigenvalue weighted by Crippen LogP contribution is -2.11. The number of benzene rings is 1. The molecule has 0 amide bonds. The van der Waals surface area contributed by atoms with Crippen molar-refractivity contribution in [2.24, 2.45) is 5.16 Å². The first-order chi connectivity index (χ1) is 9.83. The molecule has 0 radical (unpaired) electrons. The lowest BCUT2D eigenvalue weighted by molar-refractivity contribution is 0.179. The van der Waals surface area contributed by atoms with Crippen molar-refractivity contribution in [2.75, 3.05) is 13.7 Å². The summed E-state index contributed by atoms with van der Waals surface area (Å²) in [5.41, 5.74) is 1.71. The number of methoxy groups -OCH3 is 1. The van der Waals surface area contributed by atoms with Gasteiger partial charge in [-0.15, -0.1) is 6.42 Å². The zero-order valence-corrected chi connectivity index (χ0v) is 11.2. The smallest absolute Gasteiger partial charge is 0.177 e. The van der Waals surface area contributed by atoms with Gasteiger partial charge in [0.2, 0.25) is 0 Å². The second-order valence-electron chi connectivity index (χ2n) is 3.98. The van der Waals surface area contributed by atoms with E-state index in [1.807, 2.05) is 35.0 Å². The zero-order valence-electron chi connectivity index (χ0n) is 11.2. The summed E-state index contributed by atoms with van der Waals surface area (Å²) in [6.45, 7) is 0.695. The van der Waals surface area contributed by atoms with Gasteiger partial charge in [-0.05, 0) is 24.3 Å². The molecule has 0 aliphatic heterocycles. The molecule has 0 fully saturated rings. The molecular formula is C15H15N3O2. The number of oxime groups is 1. The second kappa shape index (κ2) is 7.00. The van der Waals surface area contributed by atoms with Crippen LogP contribution in [0.25, 0.3) is 0 Å². The monoisotopic (exact) mass is 269 g/mol. The first-order valence-corrected chi connectivity index (χ1v) is 6.06. The Morgan fingerprint density at radius 1 is 1.40 bits per heavy atom. The molecule has 5 heteroatoms. The van der Waals surface area contributed by atoms with Gasteiger partial charge < -0.3 is 14.1 Å². The van der Waals surface area contributed by atoms with E-state index >= 15 is 0 Å². The van der Waals surface area contributed by atoms with Crippen molar-refractivity contribution < 1.29 is 9.57 Å². The molecule has 0 spiro atoms. The summed E-state index contributed by atoms with van der Waals surface area (Å²) in [5.74, 6) is 3.18. The van der Waals surface area contributed by atoms with Gasteiger partial charge in [0.25, 0.3) is 0 Å². The molecule has 0 aliphatic rings. The maximum Gasteiger partial charge on any atom is 0.177 e. The fourth-order valence-corrected chi connectivity index (χ4v) is 1.66. The average Bonchev–Trinajstić information content (AvgIpc) is 3.00. The normalized spacial score (nSPS) is 10.9. The highest BCUT2D eigenvalue weighted by atomic mass is 16.6. The molecule has 0 saturated heterocycles. The Morgan fingerprint density at radius 3 is 2.80 bits per heavy atom. The third kappa shape index (κ3) is 3.62. The van der Waals surface area contributed by atoms with Crippen molar-refractivity contribution in [3.63, 3.8) is 0 Å². The van der Waals surface area contributed by atoms with Gasteiger partial charge in [0, 0.05) is 18.0 Å². The first kappa shape index (κ1) is 13.7. The van der Waals surface area contributed by atoms with E-state index in [0.717, 1.165) is 17.0 Å². The molecule has 0 bridgehead atoms. The highest BCUT2D eigenvalue weighted by Crippen LogP contribution is 2.13. The van der Waals surface area contributed by atoms with E-state index in [-0.39, 0.29) is 6.61 Å². The largest absolute Gasteiger partial charge is 0.497 e. The molecule has 5 nitrogen and oxygen atoms in total. The molecule has 20 heavy (non-hydrogen) atoms. The molecular weight excluding hydrogens is 254 g/mol. The molecule has 0 aliphatic carbocycles. The maximum atomic E-state index is 5.15. The van der Waals surface area contributed by atoms with Crippen molar-refractivity contribution in [3.8, 4) is 18.1 Å². The van der Waals surface area contributed by atoms with Crippen LogP contribution in [0.3, 0.4) is 0 Å². The molecule has 2 rings (SSSR count). The quantitative estimate of drug-likeness (QED) is 0.348. The highest BCUT2D eigenvalue weighted by molar-refractivity contribution is 6.00. The summed E-state index contributed by atoms with van der Waals surface area (Å²) in [6.07, 6.45) is 10.5. The van der Waals surface area contributed by atoms with Gasteiger partial charge in [-0.25, -0.2) is 4.98 Å². The predicted molar refractivity (Wildman–Crippen MR) is 76.5 cm³/mol. The number of hydrogen-bond acceptors (Lipinski definition) is 4. The summed E-state index contributed by atoms with van der Waals surface area (Å²) in [6, 6.07) is 7.60.